The maximum absolute atomic E-state index is 12.1. The number of sulfone groups is 1. The van der Waals surface area contributed by atoms with E-state index in [0.29, 0.717) is 19.0 Å². The van der Waals surface area contributed by atoms with Crippen LogP contribution in [0.25, 0.3) is 0 Å². The normalized spacial score (nSPS) is 16.5. The van der Waals surface area contributed by atoms with Crippen molar-refractivity contribution < 1.29 is 17.9 Å². The van der Waals surface area contributed by atoms with Gasteiger partial charge in [0.15, 0.2) is 9.84 Å². The zero-order valence-electron chi connectivity index (χ0n) is 13.6. The topological polar surface area (TPSA) is 63.7 Å². The van der Waals surface area contributed by atoms with E-state index in [-0.39, 0.29) is 18.3 Å². The lowest BCUT2D eigenvalue weighted by molar-refractivity contribution is -0.129. The molecule has 0 bridgehead atoms. The molecule has 5 nitrogen and oxygen atoms in total. The Bertz CT molecular complexity index is 592. The number of likely N-dealkylation sites (tertiary alicyclic amines) is 1. The van der Waals surface area contributed by atoms with E-state index in [1.807, 2.05) is 18.2 Å². The lowest BCUT2D eigenvalue weighted by atomic mass is 9.90. The van der Waals surface area contributed by atoms with E-state index >= 15 is 0 Å². The van der Waals surface area contributed by atoms with Gasteiger partial charge in [0.05, 0.1) is 12.4 Å². The minimum absolute atomic E-state index is 0.0975. The predicted octanol–water partition coefficient (Wildman–Crippen LogP) is 1.53. The Balaban J connectivity index is 1.78. The lowest BCUT2D eigenvalue weighted by Crippen LogP contribution is -2.42. The van der Waals surface area contributed by atoms with Crippen molar-refractivity contribution in [1.82, 2.24) is 4.90 Å². The lowest BCUT2D eigenvalue weighted by Gasteiger charge is -2.32. The number of methoxy groups -OCH3 is 1. The van der Waals surface area contributed by atoms with E-state index in [2.05, 4.69) is 12.1 Å². The molecule has 0 aliphatic carbocycles. The predicted molar refractivity (Wildman–Crippen MR) is 90.0 cm³/mol. The summed E-state index contributed by atoms with van der Waals surface area (Å²) in [6.45, 7) is 1.43. The van der Waals surface area contributed by atoms with Crippen LogP contribution in [0, 0.1) is 5.92 Å². The van der Waals surface area contributed by atoms with Gasteiger partial charge < -0.3 is 9.64 Å². The second-order valence-corrected chi connectivity index (χ2v) is 8.28. The van der Waals surface area contributed by atoms with E-state index in [1.54, 1.807) is 4.90 Å². The molecule has 2 rings (SSSR count). The molecule has 0 spiro atoms. The van der Waals surface area contributed by atoms with Crippen molar-refractivity contribution in [2.24, 2.45) is 5.92 Å². The van der Waals surface area contributed by atoms with Gasteiger partial charge in [-0.2, -0.15) is 0 Å². The smallest absolute Gasteiger partial charge is 0.237 e. The van der Waals surface area contributed by atoms with Gasteiger partial charge in [-0.15, -0.1) is 0 Å². The second-order valence-electron chi connectivity index (χ2n) is 6.10. The molecule has 0 aromatic heterocycles. The maximum Gasteiger partial charge on any atom is 0.237 e. The van der Waals surface area contributed by atoms with Gasteiger partial charge in [0.1, 0.15) is 5.75 Å². The molecule has 23 heavy (non-hydrogen) atoms. The molecule has 0 N–H and O–H groups in total. The highest BCUT2D eigenvalue weighted by molar-refractivity contribution is 7.92. The van der Waals surface area contributed by atoms with Crippen molar-refractivity contribution in [2.45, 2.75) is 19.3 Å². The van der Waals surface area contributed by atoms with Crippen LogP contribution in [-0.4, -0.2) is 57.5 Å². The highest BCUT2D eigenvalue weighted by Crippen LogP contribution is 2.21. The maximum atomic E-state index is 12.1. The third-order valence-electron chi connectivity index (χ3n) is 4.28. The number of hydrogen-bond donors (Lipinski definition) is 0. The summed E-state index contributed by atoms with van der Waals surface area (Å²) < 4.78 is 28.4. The molecule has 1 aromatic rings. The summed E-state index contributed by atoms with van der Waals surface area (Å²) in [7, 11) is -1.92. The Morgan fingerprint density at radius 3 is 2.48 bits per heavy atom. The first kappa shape index (κ1) is 17.9. The molecule has 1 aliphatic heterocycles. The van der Waals surface area contributed by atoms with E-state index in [0.717, 1.165) is 19.3 Å². The summed E-state index contributed by atoms with van der Waals surface area (Å²) in [4.78, 5) is 13.8. The summed E-state index contributed by atoms with van der Waals surface area (Å²) in [5, 5.41) is 0. The molecule has 6 heteroatoms. The van der Waals surface area contributed by atoms with Crippen molar-refractivity contribution in [3.8, 4) is 0 Å². The van der Waals surface area contributed by atoms with Crippen molar-refractivity contribution in [3.05, 3.63) is 35.9 Å². The summed E-state index contributed by atoms with van der Waals surface area (Å²) >= 11 is 0. The number of nitrogens with zero attached hydrogens (tertiary/aromatic N) is 1. The molecule has 0 atom stereocenters. The summed E-state index contributed by atoms with van der Waals surface area (Å²) in [6.07, 6.45) is 2.88. The van der Waals surface area contributed by atoms with E-state index < -0.39 is 15.6 Å². The van der Waals surface area contributed by atoms with Crippen LogP contribution in [-0.2, 0) is 25.8 Å². The number of piperidine rings is 1. The average molecular weight is 339 g/mol. The number of rotatable bonds is 7. The van der Waals surface area contributed by atoms with Crippen LogP contribution in [0.4, 0.5) is 0 Å². The largest absolute Gasteiger partial charge is 0.384 e. The summed E-state index contributed by atoms with van der Waals surface area (Å²) in [5.41, 5.74) is 1.32. The van der Waals surface area contributed by atoms with E-state index in [9.17, 15) is 13.2 Å². The zero-order chi connectivity index (χ0) is 16.7. The molecule has 1 amide bonds. The first-order chi connectivity index (χ1) is 11.0. The molecular formula is C17H25NO4S. The fourth-order valence-electron chi connectivity index (χ4n) is 2.90. The molecule has 0 unspecified atom stereocenters. The van der Waals surface area contributed by atoms with Crippen LogP contribution in [0.1, 0.15) is 18.4 Å². The van der Waals surface area contributed by atoms with E-state index in [1.165, 1.54) is 12.7 Å². The fraction of sp³-hybridized carbons (Fsp3) is 0.588. The van der Waals surface area contributed by atoms with Gasteiger partial charge in [0.25, 0.3) is 0 Å². The van der Waals surface area contributed by atoms with E-state index in [4.69, 9.17) is 4.74 Å². The van der Waals surface area contributed by atoms with Crippen molar-refractivity contribution in [1.29, 1.82) is 0 Å². The minimum Gasteiger partial charge on any atom is -0.384 e. The summed E-state index contributed by atoms with van der Waals surface area (Å²) in [5.74, 6) is -0.217. The molecule has 1 aromatic carbocycles. The van der Waals surface area contributed by atoms with Crippen LogP contribution in [0.3, 0.4) is 0 Å². The first-order valence-corrected chi connectivity index (χ1v) is 9.83. The Labute approximate surface area is 138 Å². The Morgan fingerprint density at radius 1 is 1.22 bits per heavy atom. The Kier molecular flexibility index (Phi) is 6.59. The second kappa shape index (κ2) is 8.45. The highest BCUT2D eigenvalue weighted by atomic mass is 32.2. The Morgan fingerprint density at radius 2 is 1.87 bits per heavy atom. The quantitative estimate of drug-likeness (QED) is 0.756. The number of carbonyl (C=O) groups is 1. The van der Waals surface area contributed by atoms with Crippen LogP contribution in [0.5, 0.6) is 0 Å². The van der Waals surface area contributed by atoms with Crippen molar-refractivity contribution >= 4 is 15.7 Å². The van der Waals surface area contributed by atoms with Gasteiger partial charge in [-0.05, 0) is 30.7 Å². The third-order valence-corrected chi connectivity index (χ3v) is 5.75. The number of amides is 1. The number of hydrogen-bond acceptors (Lipinski definition) is 4. The SMILES string of the molecule is COCCS(=O)(=O)CC(=O)N1CCC(Cc2ccccc2)CC1. The van der Waals surface area contributed by atoms with Crippen LogP contribution in [0.15, 0.2) is 30.3 Å². The number of ether oxygens (including phenoxy) is 1. The molecule has 128 valence electrons. The molecular weight excluding hydrogens is 314 g/mol. The van der Waals surface area contributed by atoms with Crippen LogP contribution < -0.4 is 0 Å². The van der Waals surface area contributed by atoms with Gasteiger partial charge in [0, 0.05) is 20.2 Å². The highest BCUT2D eigenvalue weighted by Gasteiger charge is 2.26. The van der Waals surface area contributed by atoms with Crippen molar-refractivity contribution in [3.63, 3.8) is 0 Å². The molecule has 0 saturated carbocycles. The molecule has 0 radical (unpaired) electrons. The van der Waals surface area contributed by atoms with Gasteiger partial charge in [-0.1, -0.05) is 30.3 Å². The molecule has 1 aliphatic rings. The standard InChI is InChI=1S/C17H25NO4S/c1-22-11-12-23(20,21)14-17(19)18-9-7-16(8-10-18)13-15-5-3-2-4-6-15/h2-6,16H,7-14H2,1H3. The summed E-state index contributed by atoms with van der Waals surface area (Å²) in [6, 6.07) is 10.3. The minimum atomic E-state index is -3.37. The molecule has 1 heterocycles. The van der Waals surface area contributed by atoms with Gasteiger partial charge >= 0.3 is 0 Å². The monoisotopic (exact) mass is 339 g/mol. The van der Waals surface area contributed by atoms with Gasteiger partial charge in [-0.25, -0.2) is 8.42 Å². The number of carbonyl (C=O) groups excluding carboxylic acids is 1. The average Bonchev–Trinajstić information content (AvgIpc) is 2.54. The van der Waals surface area contributed by atoms with Crippen LogP contribution in [0.2, 0.25) is 0 Å². The fourth-order valence-corrected chi connectivity index (χ4v) is 4.02. The van der Waals surface area contributed by atoms with Gasteiger partial charge in [0.2, 0.25) is 5.91 Å². The van der Waals surface area contributed by atoms with Crippen LogP contribution >= 0.6 is 0 Å². The van der Waals surface area contributed by atoms with Crippen molar-refractivity contribution in [2.75, 3.05) is 38.3 Å². The molecule has 1 saturated heterocycles. The Hall–Kier alpha value is -1.40. The third kappa shape index (κ3) is 5.95. The zero-order valence-corrected chi connectivity index (χ0v) is 14.4. The van der Waals surface area contributed by atoms with Gasteiger partial charge in [-0.3, -0.25) is 4.79 Å². The first-order valence-electron chi connectivity index (χ1n) is 8.01. The molecule has 1 fully saturated rings. The number of benzene rings is 1.